The molecule has 0 saturated carbocycles. The predicted octanol–water partition coefficient (Wildman–Crippen LogP) is 7.16. The molecule has 0 N–H and O–H groups in total. The van der Waals surface area contributed by atoms with Gasteiger partial charge in [0.1, 0.15) is 5.60 Å². The average molecular weight is 484 g/mol. The second kappa shape index (κ2) is 8.61. The zero-order valence-electron chi connectivity index (χ0n) is 17.2. The van der Waals surface area contributed by atoms with E-state index in [0.717, 1.165) is 11.6 Å². The number of hydrogen-bond donors (Lipinski definition) is 0. The molecule has 3 rings (SSSR count). The van der Waals surface area contributed by atoms with Gasteiger partial charge >= 0.3 is 12.3 Å². The van der Waals surface area contributed by atoms with Crippen LogP contribution in [0.5, 0.6) is 0 Å². The molecule has 0 saturated heterocycles. The number of aryl methyl sites for hydroxylation is 2. The largest absolute Gasteiger partial charge is 0.443 e. The number of carbonyl (C=O) groups is 1. The molecule has 2 aromatic rings. The Labute approximate surface area is 183 Å². The van der Waals surface area contributed by atoms with Gasteiger partial charge < -0.3 is 4.74 Å². The van der Waals surface area contributed by atoms with E-state index < -0.39 is 23.4 Å². The van der Waals surface area contributed by atoms with Crippen LogP contribution in [0, 0.1) is 0 Å². The molecule has 1 unspecified atom stereocenters. The maximum absolute atomic E-state index is 13.9. The van der Waals surface area contributed by atoms with Crippen LogP contribution >= 0.6 is 15.9 Å². The molecule has 1 aliphatic rings. The fourth-order valence-corrected chi connectivity index (χ4v) is 4.29. The zero-order valence-corrected chi connectivity index (χ0v) is 18.8. The topological polar surface area (TPSA) is 29.5 Å². The van der Waals surface area contributed by atoms with Gasteiger partial charge in [-0.15, -0.1) is 0 Å². The van der Waals surface area contributed by atoms with Crippen LogP contribution in [-0.4, -0.2) is 17.7 Å². The fraction of sp³-hybridized carbons (Fsp3) is 0.435. The molecule has 0 bridgehead atoms. The lowest BCUT2D eigenvalue weighted by Crippen LogP contribution is -2.47. The molecule has 0 spiro atoms. The van der Waals surface area contributed by atoms with E-state index in [2.05, 4.69) is 15.9 Å². The minimum atomic E-state index is -4.59. The highest BCUT2D eigenvalue weighted by atomic mass is 79.9. The van der Waals surface area contributed by atoms with E-state index in [1.165, 1.54) is 4.90 Å². The number of nitrogens with zero attached hydrogens (tertiary/aromatic N) is 1. The molecule has 1 aliphatic heterocycles. The lowest BCUT2D eigenvalue weighted by Gasteiger charge is -2.39. The van der Waals surface area contributed by atoms with E-state index in [9.17, 15) is 18.0 Å². The van der Waals surface area contributed by atoms with Crippen molar-refractivity contribution in [1.29, 1.82) is 0 Å². The van der Waals surface area contributed by atoms with E-state index in [-0.39, 0.29) is 11.7 Å². The normalized spacial score (nSPS) is 16.9. The van der Waals surface area contributed by atoms with Gasteiger partial charge in [-0.3, -0.25) is 4.90 Å². The number of alkyl halides is 3. The molecule has 2 aromatic carbocycles. The number of amides is 1. The molecule has 0 fully saturated rings. The van der Waals surface area contributed by atoms with Crippen molar-refractivity contribution in [2.75, 3.05) is 4.90 Å². The van der Waals surface area contributed by atoms with Crippen molar-refractivity contribution >= 4 is 27.7 Å². The molecule has 0 radical (unpaired) electrons. The number of fused-ring (bicyclic) bond motifs is 1. The van der Waals surface area contributed by atoms with Crippen LogP contribution in [0.1, 0.15) is 50.3 Å². The monoisotopic (exact) mass is 483 g/mol. The van der Waals surface area contributed by atoms with Gasteiger partial charge in [-0.25, -0.2) is 4.79 Å². The minimum absolute atomic E-state index is 0.0794. The van der Waals surface area contributed by atoms with Gasteiger partial charge in [-0.2, -0.15) is 13.2 Å². The standard InChI is InChI=1S/C23H25BrF3NO2/c1-22(2,3)30-21(29)28-18(11-9-15-7-5-4-6-8-15)12-10-16-13-17(24)14-19(20(16)28)23(25,26)27/h4-8,13-14,18H,9-12H2,1-3H3. The maximum Gasteiger partial charge on any atom is 0.418 e. The van der Waals surface area contributed by atoms with Crippen molar-refractivity contribution in [3.8, 4) is 0 Å². The van der Waals surface area contributed by atoms with Crippen LogP contribution in [0.25, 0.3) is 0 Å². The summed E-state index contributed by atoms with van der Waals surface area (Å²) in [6.07, 6.45) is -3.07. The highest BCUT2D eigenvalue weighted by Crippen LogP contribution is 2.45. The molecule has 30 heavy (non-hydrogen) atoms. The summed E-state index contributed by atoms with van der Waals surface area (Å²) in [5, 5.41) is 0. The number of ether oxygens (including phenoxy) is 1. The molecule has 1 amide bonds. The molecule has 0 aromatic heterocycles. The number of halogens is 4. The Morgan fingerprint density at radius 3 is 2.43 bits per heavy atom. The summed E-state index contributed by atoms with van der Waals surface area (Å²) >= 11 is 3.18. The summed E-state index contributed by atoms with van der Waals surface area (Å²) in [7, 11) is 0. The molecule has 1 atom stereocenters. The average Bonchev–Trinajstić information content (AvgIpc) is 2.63. The molecular weight excluding hydrogens is 459 g/mol. The van der Waals surface area contributed by atoms with Crippen molar-refractivity contribution in [2.24, 2.45) is 0 Å². The highest BCUT2D eigenvalue weighted by Gasteiger charge is 2.42. The van der Waals surface area contributed by atoms with Crippen LogP contribution in [0.2, 0.25) is 0 Å². The van der Waals surface area contributed by atoms with Gasteiger partial charge in [-0.05, 0) is 69.7 Å². The molecule has 0 aliphatic carbocycles. The smallest absolute Gasteiger partial charge is 0.418 e. The predicted molar refractivity (Wildman–Crippen MR) is 115 cm³/mol. The number of benzene rings is 2. The van der Waals surface area contributed by atoms with Crippen LogP contribution < -0.4 is 4.90 Å². The summed E-state index contributed by atoms with van der Waals surface area (Å²) in [6.45, 7) is 5.13. The van der Waals surface area contributed by atoms with Crippen LogP contribution in [0.15, 0.2) is 46.9 Å². The van der Waals surface area contributed by atoms with Gasteiger partial charge in [0.15, 0.2) is 0 Å². The van der Waals surface area contributed by atoms with Crippen LogP contribution in [0.4, 0.5) is 23.7 Å². The first-order valence-corrected chi connectivity index (χ1v) is 10.7. The van der Waals surface area contributed by atoms with Crippen molar-refractivity contribution in [3.63, 3.8) is 0 Å². The number of rotatable bonds is 3. The van der Waals surface area contributed by atoms with Crippen molar-refractivity contribution in [3.05, 3.63) is 63.6 Å². The first-order valence-electron chi connectivity index (χ1n) is 9.91. The Hall–Kier alpha value is -2.02. The van der Waals surface area contributed by atoms with Crippen molar-refractivity contribution < 1.29 is 22.7 Å². The van der Waals surface area contributed by atoms with Gasteiger partial charge in [-0.1, -0.05) is 46.3 Å². The fourth-order valence-electron chi connectivity index (χ4n) is 3.78. The molecular formula is C23H25BrF3NO2. The first kappa shape index (κ1) is 22.7. The number of carbonyl (C=O) groups excluding carboxylic acids is 1. The minimum Gasteiger partial charge on any atom is -0.443 e. The lowest BCUT2D eigenvalue weighted by atomic mass is 9.90. The van der Waals surface area contributed by atoms with Crippen LogP contribution in [0.3, 0.4) is 0 Å². The molecule has 1 heterocycles. The quantitative estimate of drug-likeness (QED) is 0.463. The van der Waals surface area contributed by atoms with Crippen LogP contribution in [-0.2, 0) is 23.8 Å². The third-order valence-corrected chi connectivity index (χ3v) is 5.47. The van der Waals surface area contributed by atoms with Gasteiger partial charge in [0.25, 0.3) is 0 Å². The SMILES string of the molecule is CC(C)(C)OC(=O)N1c2c(cc(Br)cc2C(F)(F)F)CCC1CCc1ccccc1. The maximum atomic E-state index is 13.9. The second-order valence-corrected chi connectivity index (χ2v) is 9.44. The summed E-state index contributed by atoms with van der Waals surface area (Å²) in [4.78, 5) is 14.3. The Morgan fingerprint density at radius 1 is 1.17 bits per heavy atom. The van der Waals surface area contributed by atoms with Gasteiger partial charge in [0, 0.05) is 10.5 Å². The highest BCUT2D eigenvalue weighted by molar-refractivity contribution is 9.10. The van der Waals surface area contributed by atoms with Gasteiger partial charge in [0.2, 0.25) is 0 Å². The van der Waals surface area contributed by atoms with Crippen molar-refractivity contribution in [1.82, 2.24) is 0 Å². The third kappa shape index (κ3) is 5.36. The Balaban J connectivity index is 2.02. The Kier molecular flexibility index (Phi) is 6.51. The summed E-state index contributed by atoms with van der Waals surface area (Å²) in [6, 6.07) is 12.0. The van der Waals surface area contributed by atoms with E-state index >= 15 is 0 Å². The Morgan fingerprint density at radius 2 is 1.83 bits per heavy atom. The molecule has 3 nitrogen and oxygen atoms in total. The van der Waals surface area contributed by atoms with E-state index in [1.807, 2.05) is 30.3 Å². The number of anilines is 1. The second-order valence-electron chi connectivity index (χ2n) is 8.53. The zero-order chi connectivity index (χ0) is 22.1. The third-order valence-electron chi connectivity index (χ3n) is 5.01. The first-order chi connectivity index (χ1) is 14.0. The van der Waals surface area contributed by atoms with Crippen molar-refractivity contribution in [2.45, 2.75) is 64.3 Å². The summed E-state index contributed by atoms with van der Waals surface area (Å²) in [5.74, 6) is 0. The number of hydrogen-bond acceptors (Lipinski definition) is 2. The van der Waals surface area contributed by atoms with Gasteiger partial charge in [0.05, 0.1) is 11.3 Å². The van der Waals surface area contributed by atoms with E-state index in [4.69, 9.17) is 4.74 Å². The Bertz CT molecular complexity index is 907. The van der Waals surface area contributed by atoms with E-state index in [1.54, 1.807) is 26.8 Å². The molecule has 7 heteroatoms. The summed E-state index contributed by atoms with van der Waals surface area (Å²) < 4.78 is 47.6. The summed E-state index contributed by atoms with van der Waals surface area (Å²) in [5.41, 5.74) is -0.129. The van der Waals surface area contributed by atoms with E-state index in [0.29, 0.717) is 35.7 Å². The molecule has 162 valence electrons. The lowest BCUT2D eigenvalue weighted by molar-refractivity contribution is -0.137.